The SMILES string of the molecule is CN1CCN(c2cc(C3CC3)cc3cc(Cc4cc(N)ccn4)nn23)CC1. The molecule has 2 aliphatic rings. The van der Waals surface area contributed by atoms with Gasteiger partial charge in [0, 0.05) is 50.2 Å². The Kier molecular flexibility index (Phi) is 4.01. The number of aromatic nitrogens is 3. The highest BCUT2D eigenvalue weighted by Crippen LogP contribution is 2.41. The summed E-state index contributed by atoms with van der Waals surface area (Å²) in [4.78, 5) is 9.30. The van der Waals surface area contributed by atoms with Crippen LogP contribution in [-0.2, 0) is 6.42 Å². The van der Waals surface area contributed by atoms with Crippen LogP contribution in [0, 0.1) is 0 Å². The molecular weight excluding hydrogens is 336 g/mol. The third-order valence-corrected chi connectivity index (χ3v) is 5.69. The highest BCUT2D eigenvalue weighted by atomic mass is 15.4. The van der Waals surface area contributed by atoms with E-state index in [1.165, 1.54) is 29.7 Å². The molecular formula is C21H26N6. The molecule has 0 amide bonds. The van der Waals surface area contributed by atoms with Crippen molar-refractivity contribution in [3.05, 3.63) is 53.5 Å². The summed E-state index contributed by atoms with van der Waals surface area (Å²) >= 11 is 0. The van der Waals surface area contributed by atoms with Crippen molar-refractivity contribution in [2.45, 2.75) is 25.2 Å². The van der Waals surface area contributed by atoms with Gasteiger partial charge in [-0.25, -0.2) is 4.52 Å². The van der Waals surface area contributed by atoms with Crippen LogP contribution < -0.4 is 10.6 Å². The summed E-state index contributed by atoms with van der Waals surface area (Å²) in [5.41, 5.74) is 11.3. The Labute approximate surface area is 159 Å². The van der Waals surface area contributed by atoms with Crippen LogP contribution in [0.5, 0.6) is 0 Å². The summed E-state index contributed by atoms with van der Waals surface area (Å²) in [5.74, 6) is 1.96. The molecule has 5 rings (SSSR count). The highest BCUT2D eigenvalue weighted by molar-refractivity contribution is 5.60. The number of anilines is 2. The van der Waals surface area contributed by atoms with Crippen molar-refractivity contribution < 1.29 is 0 Å². The van der Waals surface area contributed by atoms with Crippen LogP contribution in [0.2, 0.25) is 0 Å². The van der Waals surface area contributed by atoms with Gasteiger partial charge in [0.1, 0.15) is 5.82 Å². The van der Waals surface area contributed by atoms with Gasteiger partial charge in [0.25, 0.3) is 0 Å². The number of nitrogen functional groups attached to an aromatic ring is 1. The number of rotatable bonds is 4. The van der Waals surface area contributed by atoms with Gasteiger partial charge < -0.3 is 15.5 Å². The Hall–Kier alpha value is -2.60. The first-order chi connectivity index (χ1) is 13.2. The van der Waals surface area contributed by atoms with Crippen LogP contribution in [0.3, 0.4) is 0 Å². The van der Waals surface area contributed by atoms with E-state index in [2.05, 4.69) is 44.5 Å². The van der Waals surface area contributed by atoms with Crippen LogP contribution in [0.1, 0.15) is 35.7 Å². The molecule has 1 saturated carbocycles. The molecule has 27 heavy (non-hydrogen) atoms. The Morgan fingerprint density at radius 1 is 1.04 bits per heavy atom. The van der Waals surface area contributed by atoms with Crippen molar-refractivity contribution in [3.8, 4) is 0 Å². The normalized spacial score (nSPS) is 18.3. The van der Waals surface area contributed by atoms with E-state index in [4.69, 9.17) is 10.8 Å². The Balaban J connectivity index is 1.53. The molecule has 6 heteroatoms. The molecule has 0 spiro atoms. The summed E-state index contributed by atoms with van der Waals surface area (Å²) in [6, 6.07) is 10.6. The Morgan fingerprint density at radius 3 is 2.59 bits per heavy atom. The number of likely N-dealkylation sites (N-methyl/N-ethyl adjacent to an activating group) is 1. The second kappa shape index (κ2) is 6.53. The monoisotopic (exact) mass is 362 g/mol. The molecule has 0 atom stereocenters. The highest BCUT2D eigenvalue weighted by Gasteiger charge is 2.26. The number of pyridine rings is 2. The standard InChI is InChI=1S/C21H26N6/c1-25-6-8-26(9-7-25)21-11-16(15-2-3-15)10-20-14-19(24-27(20)21)13-18-12-17(22)4-5-23-18/h4-5,10-12,14-15H,2-3,6-9,13H2,1H3,(H2,22,23). The first-order valence-corrected chi connectivity index (χ1v) is 9.82. The second-order valence-corrected chi connectivity index (χ2v) is 7.94. The molecule has 0 bridgehead atoms. The minimum atomic E-state index is 0.702. The van der Waals surface area contributed by atoms with Crippen molar-refractivity contribution >= 4 is 17.0 Å². The fraction of sp³-hybridized carbons (Fsp3) is 0.429. The van der Waals surface area contributed by atoms with Crippen molar-refractivity contribution in [3.63, 3.8) is 0 Å². The fourth-order valence-electron chi connectivity index (χ4n) is 3.93. The van der Waals surface area contributed by atoms with Crippen molar-refractivity contribution in [2.75, 3.05) is 43.9 Å². The summed E-state index contributed by atoms with van der Waals surface area (Å²) < 4.78 is 2.12. The molecule has 0 radical (unpaired) electrons. The lowest BCUT2D eigenvalue weighted by Crippen LogP contribution is -2.45. The molecule has 3 aromatic rings. The number of piperazine rings is 1. The zero-order valence-corrected chi connectivity index (χ0v) is 15.8. The molecule has 6 nitrogen and oxygen atoms in total. The molecule has 2 fully saturated rings. The molecule has 1 aliphatic heterocycles. The lowest BCUT2D eigenvalue weighted by atomic mass is 10.1. The average Bonchev–Trinajstić information content (AvgIpc) is 3.42. The van der Waals surface area contributed by atoms with E-state index >= 15 is 0 Å². The number of hydrogen-bond acceptors (Lipinski definition) is 5. The molecule has 0 unspecified atom stereocenters. The molecule has 3 aromatic heterocycles. The molecule has 0 aromatic carbocycles. The van der Waals surface area contributed by atoms with Crippen LogP contribution in [-0.4, -0.2) is 52.7 Å². The van der Waals surface area contributed by atoms with Gasteiger partial charge in [0.15, 0.2) is 0 Å². The molecule has 1 aliphatic carbocycles. The predicted octanol–water partition coefficient (Wildman–Crippen LogP) is 2.53. The Bertz CT molecular complexity index is 966. The maximum absolute atomic E-state index is 5.90. The lowest BCUT2D eigenvalue weighted by Gasteiger charge is -2.34. The minimum Gasteiger partial charge on any atom is -0.399 e. The second-order valence-electron chi connectivity index (χ2n) is 7.94. The Morgan fingerprint density at radius 2 is 1.85 bits per heavy atom. The van der Waals surface area contributed by atoms with E-state index < -0.39 is 0 Å². The van der Waals surface area contributed by atoms with Gasteiger partial charge in [-0.1, -0.05) is 0 Å². The van der Waals surface area contributed by atoms with Crippen molar-refractivity contribution in [1.29, 1.82) is 0 Å². The average molecular weight is 362 g/mol. The summed E-state index contributed by atoms with van der Waals surface area (Å²) in [7, 11) is 2.19. The summed E-state index contributed by atoms with van der Waals surface area (Å²) in [6.45, 7) is 4.28. The van der Waals surface area contributed by atoms with Crippen LogP contribution in [0.15, 0.2) is 36.5 Å². The maximum Gasteiger partial charge on any atom is 0.131 e. The van der Waals surface area contributed by atoms with Gasteiger partial charge in [0.2, 0.25) is 0 Å². The first kappa shape index (κ1) is 16.6. The van der Waals surface area contributed by atoms with Gasteiger partial charge >= 0.3 is 0 Å². The molecule has 140 valence electrons. The molecule has 4 heterocycles. The zero-order chi connectivity index (χ0) is 18.4. The van der Waals surface area contributed by atoms with Crippen molar-refractivity contribution in [1.82, 2.24) is 19.5 Å². The predicted molar refractivity (Wildman–Crippen MR) is 108 cm³/mol. The van der Waals surface area contributed by atoms with Crippen LogP contribution in [0.25, 0.3) is 5.52 Å². The van der Waals surface area contributed by atoms with Gasteiger partial charge in [-0.2, -0.15) is 5.10 Å². The summed E-state index contributed by atoms with van der Waals surface area (Å²) in [5, 5.41) is 4.93. The third kappa shape index (κ3) is 3.37. The van der Waals surface area contributed by atoms with Gasteiger partial charge in [-0.3, -0.25) is 4.98 Å². The zero-order valence-electron chi connectivity index (χ0n) is 15.8. The fourth-order valence-corrected chi connectivity index (χ4v) is 3.93. The number of hydrogen-bond donors (Lipinski definition) is 1. The van der Waals surface area contributed by atoms with Gasteiger partial charge in [0.05, 0.1) is 11.2 Å². The lowest BCUT2D eigenvalue weighted by molar-refractivity contribution is 0.311. The van der Waals surface area contributed by atoms with Crippen molar-refractivity contribution in [2.24, 2.45) is 0 Å². The number of nitrogens with two attached hydrogens (primary N) is 1. The smallest absolute Gasteiger partial charge is 0.131 e. The van der Waals surface area contributed by atoms with Crippen LogP contribution >= 0.6 is 0 Å². The van der Waals surface area contributed by atoms with Gasteiger partial charge in [-0.15, -0.1) is 0 Å². The van der Waals surface area contributed by atoms with Crippen LogP contribution in [0.4, 0.5) is 11.5 Å². The largest absolute Gasteiger partial charge is 0.399 e. The number of nitrogens with zero attached hydrogens (tertiary/aromatic N) is 5. The van der Waals surface area contributed by atoms with Gasteiger partial charge in [-0.05, 0) is 61.7 Å². The van der Waals surface area contributed by atoms with E-state index in [0.29, 0.717) is 6.42 Å². The number of fused-ring (bicyclic) bond motifs is 1. The summed E-state index contributed by atoms with van der Waals surface area (Å²) in [6.07, 6.45) is 5.09. The minimum absolute atomic E-state index is 0.702. The maximum atomic E-state index is 5.90. The first-order valence-electron chi connectivity index (χ1n) is 9.82. The molecule has 1 saturated heterocycles. The van der Waals surface area contributed by atoms with E-state index in [0.717, 1.165) is 49.2 Å². The van der Waals surface area contributed by atoms with E-state index in [9.17, 15) is 0 Å². The van der Waals surface area contributed by atoms with E-state index in [-0.39, 0.29) is 0 Å². The van der Waals surface area contributed by atoms with E-state index in [1.807, 2.05) is 12.1 Å². The topological polar surface area (TPSA) is 62.7 Å². The van der Waals surface area contributed by atoms with E-state index in [1.54, 1.807) is 6.20 Å². The molecule has 2 N–H and O–H groups in total. The quantitative estimate of drug-likeness (QED) is 0.773. The third-order valence-electron chi connectivity index (χ3n) is 5.69.